The Kier molecular flexibility index (Phi) is 2.26. The van der Waals surface area contributed by atoms with E-state index in [1.165, 1.54) is 26.6 Å². The molecule has 4 heteroatoms. The van der Waals surface area contributed by atoms with Crippen molar-refractivity contribution in [3.05, 3.63) is 12.3 Å². The van der Waals surface area contributed by atoms with Crippen molar-refractivity contribution in [2.75, 3.05) is 20.8 Å². The van der Waals surface area contributed by atoms with Gasteiger partial charge in [-0.15, -0.1) is 0 Å². The van der Waals surface area contributed by atoms with Crippen LogP contribution in [-0.2, 0) is 19.0 Å². The average molecular weight is 158 g/mol. The van der Waals surface area contributed by atoms with Crippen LogP contribution in [0.2, 0.25) is 0 Å². The number of carbonyl (C=O) groups excluding carboxylic acids is 1. The van der Waals surface area contributed by atoms with E-state index in [0.717, 1.165) is 0 Å². The fraction of sp³-hybridized carbons (Fsp3) is 0.571. The summed E-state index contributed by atoms with van der Waals surface area (Å²) in [5.74, 6) is -1.46. The second kappa shape index (κ2) is 3.02. The molecule has 0 atom stereocenters. The molecule has 0 unspecified atom stereocenters. The van der Waals surface area contributed by atoms with E-state index in [2.05, 4.69) is 0 Å². The highest BCUT2D eigenvalue weighted by Gasteiger charge is 2.38. The molecule has 0 spiro atoms. The first-order chi connectivity index (χ1) is 5.25. The van der Waals surface area contributed by atoms with Crippen molar-refractivity contribution in [3.63, 3.8) is 0 Å². The van der Waals surface area contributed by atoms with Gasteiger partial charge in [-0.1, -0.05) is 0 Å². The maximum atomic E-state index is 11.2. The summed E-state index contributed by atoms with van der Waals surface area (Å²) < 4.78 is 14.6. The SMILES string of the molecule is COC1(OC)C=COCC1=O. The lowest BCUT2D eigenvalue weighted by molar-refractivity contribution is -0.192. The molecule has 1 aliphatic rings. The maximum Gasteiger partial charge on any atom is 0.255 e. The molecular weight excluding hydrogens is 148 g/mol. The van der Waals surface area contributed by atoms with Crippen molar-refractivity contribution in [2.45, 2.75) is 5.79 Å². The second-order valence-electron chi connectivity index (χ2n) is 2.11. The molecule has 1 heterocycles. The third-order valence-corrected chi connectivity index (χ3v) is 1.59. The van der Waals surface area contributed by atoms with Gasteiger partial charge in [0.25, 0.3) is 5.79 Å². The summed E-state index contributed by atoms with van der Waals surface area (Å²) in [6, 6.07) is 0. The van der Waals surface area contributed by atoms with Crippen molar-refractivity contribution in [1.82, 2.24) is 0 Å². The molecule has 0 bridgehead atoms. The van der Waals surface area contributed by atoms with Crippen LogP contribution in [0.15, 0.2) is 12.3 Å². The highest BCUT2D eigenvalue weighted by Crippen LogP contribution is 2.18. The summed E-state index contributed by atoms with van der Waals surface area (Å²) in [6.07, 6.45) is 2.84. The Bertz CT molecular complexity index is 181. The van der Waals surface area contributed by atoms with E-state index in [9.17, 15) is 4.79 Å². The Morgan fingerprint density at radius 1 is 1.55 bits per heavy atom. The number of methoxy groups -OCH3 is 2. The van der Waals surface area contributed by atoms with Crippen molar-refractivity contribution < 1.29 is 19.0 Å². The van der Waals surface area contributed by atoms with E-state index in [1.54, 1.807) is 0 Å². The van der Waals surface area contributed by atoms with Gasteiger partial charge in [-0.25, -0.2) is 0 Å². The molecule has 1 rings (SSSR count). The predicted octanol–water partition coefficient (Wildman–Crippen LogP) is 0.0885. The summed E-state index contributed by atoms with van der Waals surface area (Å²) in [5, 5.41) is 0. The number of rotatable bonds is 2. The lowest BCUT2D eigenvalue weighted by Gasteiger charge is -2.27. The third kappa shape index (κ3) is 1.27. The van der Waals surface area contributed by atoms with E-state index in [0.29, 0.717) is 0 Å². The summed E-state index contributed by atoms with van der Waals surface area (Å²) >= 11 is 0. The molecule has 0 N–H and O–H groups in total. The van der Waals surface area contributed by atoms with Gasteiger partial charge < -0.3 is 14.2 Å². The van der Waals surface area contributed by atoms with Gasteiger partial charge in [0.15, 0.2) is 6.61 Å². The van der Waals surface area contributed by atoms with Crippen LogP contribution in [0, 0.1) is 0 Å². The first-order valence-corrected chi connectivity index (χ1v) is 3.18. The van der Waals surface area contributed by atoms with E-state index in [1.807, 2.05) is 0 Å². The molecule has 0 amide bonds. The second-order valence-corrected chi connectivity index (χ2v) is 2.11. The predicted molar refractivity (Wildman–Crippen MR) is 36.8 cm³/mol. The van der Waals surface area contributed by atoms with Gasteiger partial charge in [-0.05, 0) is 0 Å². The van der Waals surface area contributed by atoms with Crippen LogP contribution in [0.3, 0.4) is 0 Å². The Balaban J connectivity index is 2.86. The fourth-order valence-corrected chi connectivity index (χ4v) is 0.902. The summed E-state index contributed by atoms with van der Waals surface area (Å²) in [4.78, 5) is 11.2. The molecule has 0 aromatic rings. The summed E-state index contributed by atoms with van der Waals surface area (Å²) in [5.41, 5.74) is 0. The van der Waals surface area contributed by atoms with Gasteiger partial charge in [0, 0.05) is 20.3 Å². The quantitative estimate of drug-likeness (QED) is 0.534. The number of Topliss-reactive ketones (excluding diaryl/α,β-unsaturated/α-hetero) is 1. The normalized spacial score (nSPS) is 21.5. The monoisotopic (exact) mass is 158 g/mol. The van der Waals surface area contributed by atoms with Gasteiger partial charge in [0.05, 0.1) is 6.26 Å². The van der Waals surface area contributed by atoms with Crippen LogP contribution >= 0.6 is 0 Å². The van der Waals surface area contributed by atoms with Crippen LogP contribution in [-0.4, -0.2) is 32.4 Å². The van der Waals surface area contributed by atoms with E-state index in [-0.39, 0.29) is 12.4 Å². The molecule has 0 saturated heterocycles. The Morgan fingerprint density at radius 2 is 2.18 bits per heavy atom. The number of hydrogen-bond donors (Lipinski definition) is 0. The lowest BCUT2D eigenvalue weighted by atomic mass is 10.1. The van der Waals surface area contributed by atoms with Gasteiger partial charge >= 0.3 is 0 Å². The molecule has 1 aliphatic heterocycles. The van der Waals surface area contributed by atoms with E-state index < -0.39 is 5.79 Å². The molecule has 0 saturated carbocycles. The molecule has 0 aromatic heterocycles. The smallest absolute Gasteiger partial charge is 0.255 e. The highest BCUT2D eigenvalue weighted by molar-refractivity contribution is 5.89. The van der Waals surface area contributed by atoms with Crippen LogP contribution in [0.1, 0.15) is 0 Å². The minimum absolute atomic E-state index is 0.00181. The molecule has 0 aliphatic carbocycles. The van der Waals surface area contributed by atoms with Gasteiger partial charge in [0.2, 0.25) is 5.78 Å². The first kappa shape index (κ1) is 8.23. The zero-order chi connectivity index (χ0) is 8.32. The largest absolute Gasteiger partial charge is 0.493 e. The van der Waals surface area contributed by atoms with Gasteiger partial charge in [-0.2, -0.15) is 0 Å². The number of hydrogen-bond acceptors (Lipinski definition) is 4. The zero-order valence-electron chi connectivity index (χ0n) is 6.49. The van der Waals surface area contributed by atoms with Crippen LogP contribution in [0.4, 0.5) is 0 Å². The molecule has 0 fully saturated rings. The highest BCUT2D eigenvalue weighted by atomic mass is 16.7. The minimum atomic E-state index is -1.22. The minimum Gasteiger partial charge on any atom is -0.493 e. The van der Waals surface area contributed by atoms with Crippen LogP contribution in [0.25, 0.3) is 0 Å². The van der Waals surface area contributed by atoms with Crippen molar-refractivity contribution in [2.24, 2.45) is 0 Å². The molecule has 4 nitrogen and oxygen atoms in total. The number of ketones is 1. The maximum absolute atomic E-state index is 11.2. The van der Waals surface area contributed by atoms with Crippen molar-refractivity contribution >= 4 is 5.78 Å². The molecule has 0 aromatic carbocycles. The van der Waals surface area contributed by atoms with Crippen LogP contribution in [0.5, 0.6) is 0 Å². The van der Waals surface area contributed by atoms with E-state index >= 15 is 0 Å². The average Bonchev–Trinajstić information content (AvgIpc) is 2.06. The van der Waals surface area contributed by atoms with Gasteiger partial charge in [0.1, 0.15) is 0 Å². The van der Waals surface area contributed by atoms with E-state index in [4.69, 9.17) is 14.2 Å². The summed E-state index contributed by atoms with van der Waals surface area (Å²) in [7, 11) is 2.83. The number of ether oxygens (including phenoxy) is 3. The number of carbonyl (C=O) groups is 1. The fourth-order valence-electron chi connectivity index (χ4n) is 0.902. The topological polar surface area (TPSA) is 44.8 Å². The molecular formula is C7H10O4. The molecule has 11 heavy (non-hydrogen) atoms. The molecule has 0 radical (unpaired) electrons. The lowest BCUT2D eigenvalue weighted by Crippen LogP contribution is -2.44. The van der Waals surface area contributed by atoms with Crippen molar-refractivity contribution in [3.8, 4) is 0 Å². The van der Waals surface area contributed by atoms with Crippen molar-refractivity contribution in [1.29, 1.82) is 0 Å². The Morgan fingerprint density at radius 3 is 2.55 bits per heavy atom. The molecule has 62 valence electrons. The Hall–Kier alpha value is -0.870. The van der Waals surface area contributed by atoms with Gasteiger partial charge in [-0.3, -0.25) is 4.79 Å². The third-order valence-electron chi connectivity index (χ3n) is 1.59. The summed E-state index contributed by atoms with van der Waals surface area (Å²) in [6.45, 7) is -0.00181. The zero-order valence-corrected chi connectivity index (χ0v) is 6.49. The Labute approximate surface area is 64.7 Å². The first-order valence-electron chi connectivity index (χ1n) is 3.18. The standard InChI is InChI=1S/C7H10O4/c1-9-7(10-2)3-4-11-5-6(7)8/h3-4H,5H2,1-2H3. The van der Waals surface area contributed by atoms with Crippen LogP contribution < -0.4 is 0 Å².